The standard InChI is InChI=1S/C16H12Cl2FN5OS/c17-11-2-1-3-12(18)14(11)21-13(25)8-26-16-23-22-15(24(16)20)9-4-6-10(19)7-5-9/h1-7H,8,20H2,(H,21,25). The highest BCUT2D eigenvalue weighted by Gasteiger charge is 2.15. The average Bonchev–Trinajstić information content (AvgIpc) is 2.98. The molecule has 3 aromatic rings. The molecule has 3 N–H and O–H groups in total. The lowest BCUT2D eigenvalue weighted by Gasteiger charge is -2.08. The molecule has 134 valence electrons. The van der Waals surface area contributed by atoms with Gasteiger partial charge in [-0.2, -0.15) is 0 Å². The van der Waals surface area contributed by atoms with Crippen LogP contribution in [0.5, 0.6) is 0 Å². The Morgan fingerprint density at radius 1 is 1.15 bits per heavy atom. The van der Waals surface area contributed by atoms with Crippen LogP contribution in [0.25, 0.3) is 11.4 Å². The Bertz CT molecular complexity index is 928. The number of nitrogens with one attached hydrogen (secondary N) is 1. The summed E-state index contributed by atoms with van der Waals surface area (Å²) in [7, 11) is 0. The number of rotatable bonds is 5. The van der Waals surface area contributed by atoms with Crippen LogP contribution >= 0.6 is 35.0 Å². The van der Waals surface area contributed by atoms with E-state index in [4.69, 9.17) is 29.0 Å². The van der Waals surface area contributed by atoms with Crippen molar-refractivity contribution in [1.82, 2.24) is 14.9 Å². The molecule has 0 fully saturated rings. The molecule has 0 bridgehead atoms. The second-order valence-corrected chi connectivity index (χ2v) is 6.87. The van der Waals surface area contributed by atoms with Crippen LogP contribution in [0.15, 0.2) is 47.6 Å². The van der Waals surface area contributed by atoms with Gasteiger partial charge in [-0.15, -0.1) is 10.2 Å². The Kier molecular flexibility index (Phi) is 5.65. The number of hydrogen-bond donors (Lipinski definition) is 2. The van der Waals surface area contributed by atoms with E-state index < -0.39 is 0 Å². The quantitative estimate of drug-likeness (QED) is 0.491. The normalized spacial score (nSPS) is 10.7. The molecule has 0 spiro atoms. The van der Waals surface area contributed by atoms with E-state index in [2.05, 4.69) is 15.5 Å². The number of carbonyl (C=O) groups excluding carboxylic acids is 1. The first kappa shape index (κ1) is 18.5. The van der Waals surface area contributed by atoms with Crippen LogP contribution in [-0.2, 0) is 4.79 Å². The van der Waals surface area contributed by atoms with Crippen LogP contribution in [0.2, 0.25) is 10.0 Å². The number of nitrogens with zero attached hydrogens (tertiary/aromatic N) is 3. The SMILES string of the molecule is Nn1c(SCC(=O)Nc2c(Cl)cccc2Cl)nnc1-c1ccc(F)cc1. The van der Waals surface area contributed by atoms with Crippen LogP contribution in [0.1, 0.15) is 0 Å². The molecule has 0 aliphatic carbocycles. The number of anilines is 1. The van der Waals surface area contributed by atoms with E-state index in [1.165, 1.54) is 16.8 Å². The minimum atomic E-state index is -0.360. The van der Waals surface area contributed by atoms with E-state index in [0.29, 0.717) is 32.3 Å². The highest BCUT2D eigenvalue weighted by Crippen LogP contribution is 2.30. The number of thioether (sulfide) groups is 1. The van der Waals surface area contributed by atoms with Gasteiger partial charge in [0.25, 0.3) is 0 Å². The second-order valence-electron chi connectivity index (χ2n) is 5.12. The zero-order valence-electron chi connectivity index (χ0n) is 13.1. The van der Waals surface area contributed by atoms with Crippen LogP contribution in [0.3, 0.4) is 0 Å². The van der Waals surface area contributed by atoms with Gasteiger partial charge >= 0.3 is 0 Å². The van der Waals surface area contributed by atoms with Gasteiger partial charge in [-0.3, -0.25) is 4.79 Å². The number of aromatic nitrogens is 3. The lowest BCUT2D eigenvalue weighted by atomic mass is 10.2. The van der Waals surface area contributed by atoms with Crippen molar-refractivity contribution in [2.45, 2.75) is 5.16 Å². The van der Waals surface area contributed by atoms with Gasteiger partial charge < -0.3 is 11.2 Å². The van der Waals surface area contributed by atoms with Gasteiger partial charge in [0.15, 0.2) is 5.82 Å². The molecule has 0 radical (unpaired) electrons. The number of halogens is 3. The molecule has 3 rings (SSSR count). The van der Waals surface area contributed by atoms with Gasteiger partial charge in [-0.25, -0.2) is 9.07 Å². The molecule has 1 aromatic heterocycles. The zero-order chi connectivity index (χ0) is 18.7. The van der Waals surface area contributed by atoms with Gasteiger partial charge in [0.2, 0.25) is 11.1 Å². The molecule has 10 heteroatoms. The summed E-state index contributed by atoms with van der Waals surface area (Å²) in [6, 6.07) is 10.6. The minimum absolute atomic E-state index is 0.0281. The maximum Gasteiger partial charge on any atom is 0.234 e. The van der Waals surface area contributed by atoms with Crippen molar-refractivity contribution in [3.8, 4) is 11.4 Å². The summed E-state index contributed by atoms with van der Waals surface area (Å²) >= 11 is 13.1. The predicted octanol–water partition coefficient (Wildman–Crippen LogP) is 3.84. The van der Waals surface area contributed by atoms with Gasteiger partial charge in [-0.1, -0.05) is 41.0 Å². The first-order valence-electron chi connectivity index (χ1n) is 7.29. The van der Waals surface area contributed by atoms with Gasteiger partial charge in [0.05, 0.1) is 21.5 Å². The summed E-state index contributed by atoms with van der Waals surface area (Å²) in [6.45, 7) is 0. The molecule has 26 heavy (non-hydrogen) atoms. The van der Waals surface area contributed by atoms with Crippen molar-refractivity contribution >= 4 is 46.6 Å². The number of nitrogens with two attached hydrogens (primary N) is 1. The highest BCUT2D eigenvalue weighted by atomic mass is 35.5. The first-order chi connectivity index (χ1) is 12.5. The third kappa shape index (κ3) is 4.09. The molecular weight excluding hydrogens is 400 g/mol. The summed E-state index contributed by atoms with van der Waals surface area (Å²) in [6.07, 6.45) is 0. The fourth-order valence-electron chi connectivity index (χ4n) is 2.09. The van der Waals surface area contributed by atoms with Crippen molar-refractivity contribution in [3.63, 3.8) is 0 Å². The largest absolute Gasteiger partial charge is 0.335 e. The lowest BCUT2D eigenvalue weighted by molar-refractivity contribution is -0.113. The summed E-state index contributed by atoms with van der Waals surface area (Å²) in [4.78, 5) is 12.1. The van der Waals surface area contributed by atoms with E-state index in [9.17, 15) is 9.18 Å². The summed E-state index contributed by atoms with van der Waals surface area (Å²) < 4.78 is 14.3. The molecule has 1 amide bonds. The number of hydrogen-bond acceptors (Lipinski definition) is 5. The Balaban J connectivity index is 1.67. The number of carbonyl (C=O) groups is 1. The predicted molar refractivity (Wildman–Crippen MR) is 101 cm³/mol. The molecule has 0 saturated carbocycles. The maximum atomic E-state index is 13.0. The Hall–Kier alpha value is -2.29. The van der Waals surface area contributed by atoms with Crippen LogP contribution in [0.4, 0.5) is 10.1 Å². The van der Waals surface area contributed by atoms with E-state index in [1.54, 1.807) is 30.3 Å². The van der Waals surface area contributed by atoms with Gasteiger partial charge in [0, 0.05) is 5.56 Å². The van der Waals surface area contributed by atoms with E-state index in [0.717, 1.165) is 11.8 Å². The highest BCUT2D eigenvalue weighted by molar-refractivity contribution is 7.99. The van der Waals surface area contributed by atoms with Crippen LogP contribution < -0.4 is 11.2 Å². The molecule has 1 heterocycles. The smallest absolute Gasteiger partial charge is 0.234 e. The zero-order valence-corrected chi connectivity index (χ0v) is 15.4. The molecule has 0 aliphatic rings. The van der Waals surface area contributed by atoms with E-state index >= 15 is 0 Å². The third-order valence-corrected chi connectivity index (χ3v) is 4.90. The summed E-state index contributed by atoms with van der Waals surface area (Å²) in [5, 5.41) is 11.6. The summed E-state index contributed by atoms with van der Waals surface area (Å²) in [5.74, 6) is 5.67. The Morgan fingerprint density at radius 2 is 1.81 bits per heavy atom. The molecule has 6 nitrogen and oxygen atoms in total. The molecular formula is C16H12Cl2FN5OS. The van der Waals surface area contributed by atoms with Gasteiger partial charge in [0.1, 0.15) is 5.82 Å². The van der Waals surface area contributed by atoms with E-state index in [-0.39, 0.29) is 17.5 Å². The van der Waals surface area contributed by atoms with Gasteiger partial charge in [-0.05, 0) is 36.4 Å². The number of nitrogen functional groups attached to an aromatic ring is 1. The molecule has 0 saturated heterocycles. The van der Waals surface area contributed by atoms with Crippen LogP contribution in [0, 0.1) is 5.82 Å². The number of para-hydroxylation sites is 1. The fraction of sp³-hybridized carbons (Fsp3) is 0.0625. The van der Waals surface area contributed by atoms with Crippen LogP contribution in [-0.4, -0.2) is 26.5 Å². The van der Waals surface area contributed by atoms with Crippen molar-refractivity contribution in [3.05, 3.63) is 58.3 Å². The van der Waals surface area contributed by atoms with Crippen molar-refractivity contribution in [2.75, 3.05) is 16.9 Å². The Morgan fingerprint density at radius 3 is 2.46 bits per heavy atom. The monoisotopic (exact) mass is 411 g/mol. The van der Waals surface area contributed by atoms with Crippen molar-refractivity contribution in [2.24, 2.45) is 0 Å². The number of amides is 1. The van der Waals surface area contributed by atoms with Crippen molar-refractivity contribution < 1.29 is 9.18 Å². The fourth-order valence-corrected chi connectivity index (χ4v) is 3.24. The molecule has 0 atom stereocenters. The lowest BCUT2D eigenvalue weighted by Crippen LogP contribution is -2.16. The molecule has 0 unspecified atom stereocenters. The minimum Gasteiger partial charge on any atom is -0.335 e. The summed E-state index contributed by atoms with van der Waals surface area (Å²) in [5.41, 5.74) is 0.961. The second kappa shape index (κ2) is 7.94. The number of benzene rings is 2. The van der Waals surface area contributed by atoms with Crippen molar-refractivity contribution in [1.29, 1.82) is 0 Å². The Labute approximate surface area is 162 Å². The third-order valence-electron chi connectivity index (χ3n) is 3.33. The molecule has 0 aliphatic heterocycles. The topological polar surface area (TPSA) is 85.8 Å². The van der Waals surface area contributed by atoms with E-state index in [1.807, 2.05) is 0 Å². The average molecular weight is 412 g/mol. The maximum absolute atomic E-state index is 13.0. The first-order valence-corrected chi connectivity index (χ1v) is 9.03. The molecule has 2 aromatic carbocycles.